The molecule has 1 aliphatic rings. The zero-order valence-corrected chi connectivity index (χ0v) is 15.3. The van der Waals surface area contributed by atoms with E-state index in [1.165, 1.54) is 30.7 Å². The van der Waals surface area contributed by atoms with Crippen molar-refractivity contribution in [2.45, 2.75) is 18.8 Å². The van der Waals surface area contributed by atoms with Gasteiger partial charge < -0.3 is 13.7 Å². The molecular formula is C18H15ClN4O5. The lowest BCUT2D eigenvalue weighted by Crippen LogP contribution is -2.38. The molecular weight excluding hydrogens is 388 g/mol. The number of nitro benzene ring substituents is 1. The Kier molecular flexibility index (Phi) is 4.82. The molecule has 2 aromatic heterocycles. The van der Waals surface area contributed by atoms with E-state index in [1.54, 1.807) is 11.0 Å². The monoisotopic (exact) mass is 402 g/mol. The zero-order chi connectivity index (χ0) is 19.7. The average Bonchev–Trinajstić information content (AvgIpc) is 3.39. The zero-order valence-electron chi connectivity index (χ0n) is 14.6. The lowest BCUT2D eigenvalue weighted by Gasteiger charge is -2.30. The van der Waals surface area contributed by atoms with Crippen LogP contribution in [0, 0.1) is 10.1 Å². The summed E-state index contributed by atoms with van der Waals surface area (Å²) in [7, 11) is 0. The number of likely N-dealkylation sites (tertiary alicyclic amines) is 1. The van der Waals surface area contributed by atoms with Gasteiger partial charge in [0.2, 0.25) is 5.89 Å². The van der Waals surface area contributed by atoms with Gasteiger partial charge in [0.15, 0.2) is 0 Å². The van der Waals surface area contributed by atoms with Crippen LogP contribution in [0.4, 0.5) is 5.69 Å². The molecule has 0 unspecified atom stereocenters. The Morgan fingerprint density at radius 2 is 2.04 bits per heavy atom. The largest absolute Gasteiger partial charge is 0.472 e. The number of carbonyl (C=O) groups is 1. The van der Waals surface area contributed by atoms with E-state index in [2.05, 4.69) is 10.2 Å². The molecule has 0 radical (unpaired) electrons. The molecule has 0 N–H and O–H groups in total. The van der Waals surface area contributed by atoms with Crippen molar-refractivity contribution in [2.24, 2.45) is 0 Å². The molecule has 3 heterocycles. The number of benzene rings is 1. The summed E-state index contributed by atoms with van der Waals surface area (Å²) in [6, 6.07) is 5.72. The number of nitrogens with zero attached hydrogens (tertiary/aromatic N) is 4. The Bertz CT molecular complexity index is 1010. The average molecular weight is 403 g/mol. The minimum Gasteiger partial charge on any atom is -0.472 e. The summed E-state index contributed by atoms with van der Waals surface area (Å²) in [5, 5.41) is 19.6. The Balaban J connectivity index is 1.45. The molecule has 1 amide bonds. The number of furan rings is 1. The third-order valence-electron chi connectivity index (χ3n) is 4.73. The summed E-state index contributed by atoms with van der Waals surface area (Å²) in [6.45, 7) is 0.854. The van der Waals surface area contributed by atoms with Gasteiger partial charge in [-0.1, -0.05) is 11.6 Å². The summed E-state index contributed by atoms with van der Waals surface area (Å²) in [4.78, 5) is 25.0. The second kappa shape index (κ2) is 7.43. The van der Waals surface area contributed by atoms with E-state index in [0.29, 0.717) is 43.3 Å². The van der Waals surface area contributed by atoms with Gasteiger partial charge in [-0.3, -0.25) is 14.9 Å². The van der Waals surface area contributed by atoms with Crippen LogP contribution in [0.15, 0.2) is 45.6 Å². The van der Waals surface area contributed by atoms with Gasteiger partial charge in [-0.05, 0) is 31.0 Å². The highest BCUT2D eigenvalue weighted by Crippen LogP contribution is 2.31. The molecule has 0 aliphatic carbocycles. The minimum absolute atomic E-state index is 0.00372. The van der Waals surface area contributed by atoms with Crippen LogP contribution in [0.5, 0.6) is 0 Å². The van der Waals surface area contributed by atoms with Gasteiger partial charge in [-0.2, -0.15) is 0 Å². The molecule has 3 aromatic rings. The second-order valence-electron chi connectivity index (χ2n) is 6.44. The summed E-state index contributed by atoms with van der Waals surface area (Å²) < 4.78 is 10.7. The van der Waals surface area contributed by atoms with Gasteiger partial charge in [0, 0.05) is 30.1 Å². The van der Waals surface area contributed by atoms with Gasteiger partial charge in [0.05, 0.1) is 16.7 Å². The van der Waals surface area contributed by atoms with Gasteiger partial charge in [-0.25, -0.2) is 0 Å². The van der Waals surface area contributed by atoms with Crippen molar-refractivity contribution in [1.82, 2.24) is 15.1 Å². The Hall–Kier alpha value is -3.20. The smallest absolute Gasteiger partial charge is 0.282 e. The van der Waals surface area contributed by atoms with Crippen LogP contribution in [-0.4, -0.2) is 39.0 Å². The normalized spacial score (nSPS) is 15.0. The van der Waals surface area contributed by atoms with Crippen molar-refractivity contribution in [3.8, 4) is 11.5 Å². The topological polar surface area (TPSA) is 116 Å². The Labute approximate surface area is 164 Å². The predicted octanol–water partition coefficient (Wildman–Crippen LogP) is 3.91. The second-order valence-corrected chi connectivity index (χ2v) is 6.88. The van der Waals surface area contributed by atoms with E-state index in [-0.39, 0.29) is 22.2 Å². The summed E-state index contributed by atoms with van der Waals surface area (Å²) in [6.07, 6.45) is 4.29. The first-order valence-corrected chi connectivity index (χ1v) is 9.00. The van der Waals surface area contributed by atoms with E-state index < -0.39 is 10.8 Å². The molecule has 0 bridgehead atoms. The highest BCUT2D eigenvalue weighted by molar-refractivity contribution is 6.31. The van der Waals surface area contributed by atoms with Gasteiger partial charge in [0.25, 0.3) is 17.5 Å². The lowest BCUT2D eigenvalue weighted by molar-refractivity contribution is -0.385. The lowest BCUT2D eigenvalue weighted by atomic mass is 9.96. The van der Waals surface area contributed by atoms with E-state index in [0.717, 1.165) is 0 Å². The van der Waals surface area contributed by atoms with Crippen molar-refractivity contribution >= 4 is 23.2 Å². The summed E-state index contributed by atoms with van der Waals surface area (Å²) >= 11 is 5.92. The summed E-state index contributed by atoms with van der Waals surface area (Å²) in [5.41, 5.74) is 0.453. The van der Waals surface area contributed by atoms with Gasteiger partial charge >= 0.3 is 0 Å². The number of aromatic nitrogens is 2. The van der Waals surface area contributed by atoms with Crippen LogP contribution in [-0.2, 0) is 0 Å². The maximum atomic E-state index is 12.8. The van der Waals surface area contributed by atoms with Crippen LogP contribution >= 0.6 is 11.6 Å². The van der Waals surface area contributed by atoms with Crippen LogP contribution < -0.4 is 0 Å². The van der Waals surface area contributed by atoms with Crippen molar-refractivity contribution in [3.05, 3.63) is 63.4 Å². The van der Waals surface area contributed by atoms with Gasteiger partial charge in [-0.15, -0.1) is 10.2 Å². The molecule has 0 spiro atoms. The molecule has 1 fully saturated rings. The molecule has 144 valence electrons. The number of hydrogen-bond acceptors (Lipinski definition) is 7. The molecule has 1 aromatic carbocycles. The van der Waals surface area contributed by atoms with Crippen LogP contribution in [0.2, 0.25) is 5.02 Å². The van der Waals surface area contributed by atoms with Crippen LogP contribution in [0.1, 0.15) is 35.0 Å². The van der Waals surface area contributed by atoms with E-state index in [4.69, 9.17) is 20.4 Å². The molecule has 0 saturated carbocycles. The number of amides is 1. The SMILES string of the molecule is O=C(c1cc(Cl)ccc1[N+](=O)[O-])N1CCC(c2nnc(-c3ccoc3)o2)CC1. The number of hydrogen-bond donors (Lipinski definition) is 0. The van der Waals surface area contributed by atoms with Crippen molar-refractivity contribution in [3.63, 3.8) is 0 Å². The molecule has 1 aliphatic heterocycles. The fourth-order valence-electron chi connectivity index (χ4n) is 3.24. The third-order valence-corrected chi connectivity index (χ3v) is 4.96. The number of rotatable bonds is 4. The fourth-order valence-corrected chi connectivity index (χ4v) is 3.41. The van der Waals surface area contributed by atoms with E-state index in [1.807, 2.05) is 0 Å². The quantitative estimate of drug-likeness (QED) is 0.479. The van der Waals surface area contributed by atoms with Crippen LogP contribution in [0.25, 0.3) is 11.5 Å². The first-order valence-electron chi connectivity index (χ1n) is 8.62. The molecule has 9 nitrogen and oxygen atoms in total. The minimum atomic E-state index is -0.577. The fraction of sp³-hybridized carbons (Fsp3) is 0.278. The van der Waals surface area contributed by atoms with Crippen molar-refractivity contribution in [1.29, 1.82) is 0 Å². The van der Waals surface area contributed by atoms with Gasteiger partial charge in [0.1, 0.15) is 11.8 Å². The highest BCUT2D eigenvalue weighted by Gasteiger charge is 2.31. The predicted molar refractivity (Wildman–Crippen MR) is 98.0 cm³/mol. The number of carbonyl (C=O) groups excluding carboxylic acids is 1. The number of piperidine rings is 1. The van der Waals surface area contributed by atoms with Crippen molar-refractivity contribution < 1.29 is 18.6 Å². The summed E-state index contributed by atoms with van der Waals surface area (Å²) in [5.74, 6) is 0.512. The molecule has 4 rings (SSSR count). The highest BCUT2D eigenvalue weighted by atomic mass is 35.5. The molecule has 10 heteroatoms. The Morgan fingerprint density at radius 1 is 1.25 bits per heavy atom. The van der Waals surface area contributed by atoms with Crippen molar-refractivity contribution in [2.75, 3.05) is 13.1 Å². The first-order chi connectivity index (χ1) is 13.5. The molecule has 28 heavy (non-hydrogen) atoms. The molecule has 0 atom stereocenters. The van der Waals surface area contributed by atoms with E-state index >= 15 is 0 Å². The molecule has 1 saturated heterocycles. The third kappa shape index (κ3) is 3.48. The Morgan fingerprint density at radius 3 is 2.71 bits per heavy atom. The first kappa shape index (κ1) is 18.2. The van der Waals surface area contributed by atoms with Crippen LogP contribution in [0.3, 0.4) is 0 Å². The maximum Gasteiger partial charge on any atom is 0.282 e. The number of halogens is 1. The van der Waals surface area contributed by atoms with E-state index in [9.17, 15) is 14.9 Å². The standard InChI is InChI=1S/C18H15ClN4O5/c19-13-1-2-15(23(25)26)14(9-13)18(24)22-6-3-11(4-7-22)16-20-21-17(28-16)12-5-8-27-10-12/h1-2,5,8-11H,3-4,6-7H2. The number of nitro groups is 1. The maximum absolute atomic E-state index is 12.8.